The van der Waals surface area contributed by atoms with Crippen molar-refractivity contribution in [2.75, 3.05) is 6.54 Å². The second-order valence-corrected chi connectivity index (χ2v) is 4.05. The molecule has 0 fully saturated rings. The Balaban J connectivity index is 2.10. The lowest BCUT2D eigenvalue weighted by Crippen LogP contribution is -2.25. The largest absolute Gasteiger partial charge is 0.513 e. The topological polar surface area (TPSA) is 67.2 Å². The van der Waals surface area contributed by atoms with Crippen LogP contribution in [0.5, 0.6) is 0 Å². The van der Waals surface area contributed by atoms with Crippen molar-refractivity contribution >= 4 is 5.91 Å². The monoisotopic (exact) mass is 237 g/mol. The summed E-state index contributed by atoms with van der Waals surface area (Å²) >= 11 is 0. The average Bonchev–Trinajstić information content (AvgIpc) is 2.63. The van der Waals surface area contributed by atoms with E-state index in [4.69, 9.17) is 5.11 Å². The highest BCUT2D eigenvalue weighted by Gasteiger charge is 2.02. The summed E-state index contributed by atoms with van der Waals surface area (Å²) in [6.45, 7) is 3.96. The van der Waals surface area contributed by atoms with Crippen molar-refractivity contribution in [1.82, 2.24) is 14.9 Å². The van der Waals surface area contributed by atoms with Gasteiger partial charge in [-0.05, 0) is 6.42 Å². The molecule has 1 rings (SSSR count). The molecule has 0 bridgehead atoms. The van der Waals surface area contributed by atoms with Gasteiger partial charge >= 0.3 is 0 Å². The molecule has 1 amide bonds. The number of aryl methyl sites for hydroxylation is 1. The molecule has 5 nitrogen and oxygen atoms in total. The maximum atomic E-state index is 11.4. The van der Waals surface area contributed by atoms with Crippen LogP contribution in [0.4, 0.5) is 0 Å². The van der Waals surface area contributed by atoms with Gasteiger partial charge in [0.1, 0.15) is 0 Å². The number of hydrogen-bond donors (Lipinski definition) is 2. The van der Waals surface area contributed by atoms with Crippen LogP contribution >= 0.6 is 0 Å². The van der Waals surface area contributed by atoms with Crippen LogP contribution in [-0.4, -0.2) is 27.1 Å². The summed E-state index contributed by atoms with van der Waals surface area (Å²) in [5.74, 6) is 0.133. The van der Waals surface area contributed by atoms with Gasteiger partial charge in [-0.25, -0.2) is 4.98 Å². The zero-order chi connectivity index (χ0) is 12.7. The van der Waals surface area contributed by atoms with Gasteiger partial charge in [-0.3, -0.25) is 4.79 Å². The number of imidazole rings is 1. The second-order valence-electron chi connectivity index (χ2n) is 4.05. The molecule has 0 saturated carbocycles. The van der Waals surface area contributed by atoms with Gasteiger partial charge in [0.15, 0.2) is 0 Å². The van der Waals surface area contributed by atoms with Crippen LogP contribution in [0.1, 0.15) is 25.0 Å². The van der Waals surface area contributed by atoms with Crippen LogP contribution in [0.3, 0.4) is 0 Å². The standard InChI is InChI=1S/C12H19N3O2/c1-10(16)4-3-5-12(17)13-7-6-11-8-15(2)9-14-11/h8-9,16H,1,3-7H2,2H3,(H,13,17). The van der Waals surface area contributed by atoms with E-state index in [0.29, 0.717) is 25.8 Å². The molecular weight excluding hydrogens is 218 g/mol. The molecule has 0 radical (unpaired) electrons. The van der Waals surface area contributed by atoms with Gasteiger partial charge in [-0.2, -0.15) is 0 Å². The van der Waals surface area contributed by atoms with Gasteiger partial charge in [0.2, 0.25) is 5.91 Å². The molecule has 17 heavy (non-hydrogen) atoms. The summed E-state index contributed by atoms with van der Waals surface area (Å²) in [7, 11) is 1.91. The number of allylic oxidation sites excluding steroid dienone is 1. The average molecular weight is 237 g/mol. The van der Waals surface area contributed by atoms with Gasteiger partial charge in [0, 0.05) is 39.1 Å². The third kappa shape index (κ3) is 5.75. The molecule has 1 aromatic rings. The van der Waals surface area contributed by atoms with E-state index >= 15 is 0 Å². The molecule has 94 valence electrons. The molecular formula is C12H19N3O2. The fraction of sp³-hybridized carbons (Fsp3) is 0.500. The number of carbonyl (C=O) groups is 1. The molecule has 0 aliphatic rings. The highest BCUT2D eigenvalue weighted by Crippen LogP contribution is 2.01. The Morgan fingerprint density at radius 3 is 2.94 bits per heavy atom. The summed E-state index contributed by atoms with van der Waals surface area (Å²) in [5, 5.41) is 11.7. The van der Waals surface area contributed by atoms with E-state index in [1.807, 2.05) is 17.8 Å². The number of carbonyl (C=O) groups excluding carboxylic acids is 1. The lowest BCUT2D eigenvalue weighted by atomic mass is 10.2. The van der Waals surface area contributed by atoms with E-state index in [2.05, 4.69) is 16.9 Å². The fourth-order valence-electron chi connectivity index (χ4n) is 1.47. The Hall–Kier alpha value is -1.78. The molecule has 0 aliphatic heterocycles. The molecule has 2 N–H and O–H groups in total. The number of amides is 1. The highest BCUT2D eigenvalue weighted by molar-refractivity contribution is 5.75. The van der Waals surface area contributed by atoms with Crippen LogP contribution in [-0.2, 0) is 18.3 Å². The van der Waals surface area contributed by atoms with Crippen LogP contribution in [0, 0.1) is 0 Å². The molecule has 0 aromatic carbocycles. The van der Waals surface area contributed by atoms with Gasteiger partial charge < -0.3 is 15.0 Å². The first kappa shape index (κ1) is 13.3. The Morgan fingerprint density at radius 1 is 1.59 bits per heavy atom. The number of aliphatic hydroxyl groups is 1. The molecule has 1 heterocycles. The molecule has 5 heteroatoms. The first-order valence-corrected chi connectivity index (χ1v) is 5.68. The number of rotatable bonds is 7. The summed E-state index contributed by atoms with van der Waals surface area (Å²) in [6, 6.07) is 0. The lowest BCUT2D eigenvalue weighted by molar-refractivity contribution is -0.121. The Kier molecular flexibility index (Phi) is 5.26. The molecule has 1 aromatic heterocycles. The normalized spacial score (nSPS) is 10.2. The van der Waals surface area contributed by atoms with Gasteiger partial charge in [-0.1, -0.05) is 6.58 Å². The quantitative estimate of drug-likeness (QED) is 0.703. The van der Waals surface area contributed by atoms with E-state index in [-0.39, 0.29) is 11.7 Å². The van der Waals surface area contributed by atoms with E-state index in [0.717, 1.165) is 12.1 Å². The maximum absolute atomic E-state index is 11.4. The number of nitrogens with one attached hydrogen (secondary N) is 1. The first-order valence-electron chi connectivity index (χ1n) is 5.68. The van der Waals surface area contributed by atoms with Crippen molar-refractivity contribution in [2.24, 2.45) is 7.05 Å². The number of aliphatic hydroxyl groups excluding tert-OH is 1. The minimum Gasteiger partial charge on any atom is -0.513 e. The summed E-state index contributed by atoms with van der Waals surface area (Å²) in [4.78, 5) is 15.5. The highest BCUT2D eigenvalue weighted by atomic mass is 16.3. The van der Waals surface area contributed by atoms with Crippen LogP contribution in [0.2, 0.25) is 0 Å². The Morgan fingerprint density at radius 2 is 2.35 bits per heavy atom. The first-order chi connectivity index (χ1) is 8.08. The number of hydrogen-bond acceptors (Lipinski definition) is 3. The summed E-state index contributed by atoms with van der Waals surface area (Å²) in [6.07, 6.45) is 5.94. The lowest BCUT2D eigenvalue weighted by Gasteiger charge is -2.03. The van der Waals surface area contributed by atoms with Gasteiger partial charge in [0.05, 0.1) is 17.8 Å². The van der Waals surface area contributed by atoms with Gasteiger partial charge in [-0.15, -0.1) is 0 Å². The predicted octanol–water partition coefficient (Wildman–Crippen LogP) is 1.32. The summed E-state index contributed by atoms with van der Waals surface area (Å²) in [5.41, 5.74) is 0.969. The van der Waals surface area contributed by atoms with Crippen molar-refractivity contribution in [3.63, 3.8) is 0 Å². The molecule has 0 saturated heterocycles. The van der Waals surface area contributed by atoms with E-state index in [9.17, 15) is 4.79 Å². The third-order valence-electron chi connectivity index (χ3n) is 2.33. The van der Waals surface area contributed by atoms with Crippen LogP contribution in [0.15, 0.2) is 24.9 Å². The number of aromatic nitrogens is 2. The zero-order valence-electron chi connectivity index (χ0n) is 10.1. The third-order valence-corrected chi connectivity index (χ3v) is 2.33. The maximum Gasteiger partial charge on any atom is 0.220 e. The second kappa shape index (κ2) is 6.73. The minimum absolute atomic E-state index is 0.00202. The molecule has 0 atom stereocenters. The van der Waals surface area contributed by atoms with Crippen molar-refractivity contribution in [3.8, 4) is 0 Å². The number of nitrogens with zero attached hydrogens (tertiary/aromatic N) is 2. The molecule has 0 aliphatic carbocycles. The Labute approximate surface area is 101 Å². The van der Waals surface area contributed by atoms with E-state index in [1.54, 1.807) is 6.33 Å². The zero-order valence-corrected chi connectivity index (χ0v) is 10.1. The summed E-state index contributed by atoms with van der Waals surface area (Å²) < 4.78 is 1.88. The van der Waals surface area contributed by atoms with Crippen molar-refractivity contribution in [3.05, 3.63) is 30.6 Å². The van der Waals surface area contributed by atoms with E-state index in [1.165, 1.54) is 0 Å². The molecule has 0 unspecified atom stereocenters. The predicted molar refractivity (Wildman–Crippen MR) is 65.5 cm³/mol. The smallest absolute Gasteiger partial charge is 0.220 e. The van der Waals surface area contributed by atoms with Crippen molar-refractivity contribution in [1.29, 1.82) is 0 Å². The van der Waals surface area contributed by atoms with Crippen molar-refractivity contribution < 1.29 is 9.90 Å². The van der Waals surface area contributed by atoms with Crippen LogP contribution < -0.4 is 5.32 Å². The SMILES string of the molecule is C=C(O)CCCC(=O)NCCc1cn(C)cn1. The molecule has 0 spiro atoms. The van der Waals surface area contributed by atoms with E-state index < -0.39 is 0 Å². The van der Waals surface area contributed by atoms with Crippen molar-refractivity contribution in [2.45, 2.75) is 25.7 Å². The Bertz CT molecular complexity index is 385. The van der Waals surface area contributed by atoms with Gasteiger partial charge in [0.25, 0.3) is 0 Å². The minimum atomic E-state index is 0.00202. The van der Waals surface area contributed by atoms with Crippen LogP contribution in [0.25, 0.3) is 0 Å². The fourth-order valence-corrected chi connectivity index (χ4v) is 1.47.